The summed E-state index contributed by atoms with van der Waals surface area (Å²) in [7, 11) is 0. The van der Waals surface area contributed by atoms with Crippen LogP contribution in [0.4, 0.5) is 0 Å². The molecule has 0 spiro atoms. The fourth-order valence-electron chi connectivity index (χ4n) is 0.813. The van der Waals surface area contributed by atoms with Crippen LogP contribution in [0.5, 0.6) is 0 Å². The molecule has 0 bridgehead atoms. The van der Waals surface area contributed by atoms with Gasteiger partial charge >= 0.3 is 0 Å². The van der Waals surface area contributed by atoms with E-state index in [1.165, 1.54) is 5.69 Å². The first-order valence-electron chi connectivity index (χ1n) is 3.81. The quantitative estimate of drug-likeness (QED) is 0.680. The Hall–Kier alpha value is -0.617. The molecule has 12 heavy (non-hydrogen) atoms. The third-order valence-corrected chi connectivity index (χ3v) is 1.41. The van der Waals surface area contributed by atoms with Crippen LogP contribution in [0.1, 0.15) is 12.1 Å². The first-order valence-corrected chi connectivity index (χ1v) is 3.81. The Labute approximate surface area is 86.3 Å². The number of hydrogen-bond donors (Lipinski definition) is 1. The summed E-state index contributed by atoms with van der Waals surface area (Å²) in [6, 6.07) is 4.01. The van der Waals surface area contributed by atoms with Crippen molar-refractivity contribution in [1.29, 1.82) is 0 Å². The van der Waals surface area contributed by atoms with E-state index >= 15 is 0 Å². The molecule has 1 N–H and O–H groups in total. The van der Waals surface area contributed by atoms with E-state index in [2.05, 4.69) is 29.3 Å². The summed E-state index contributed by atoms with van der Waals surface area (Å²) in [4.78, 5) is 3.00. The van der Waals surface area contributed by atoms with Gasteiger partial charge in [-0.25, -0.2) is 0 Å². The smallest absolute Gasteiger partial charge is 0.0115 e. The molecule has 2 heteroatoms. The summed E-state index contributed by atoms with van der Waals surface area (Å²) >= 11 is 0. The average Bonchev–Trinajstić information content (AvgIpc) is 2.57. The molecule has 0 saturated heterocycles. The predicted molar refractivity (Wildman–Crippen MR) is 48.4 cm³/mol. The molecular formula is C10H13NRu. The van der Waals surface area contributed by atoms with Crippen LogP contribution in [-0.4, -0.2) is 4.98 Å². The second-order valence-corrected chi connectivity index (χ2v) is 2.45. The molecule has 0 fully saturated rings. The molecule has 1 nitrogen and oxygen atoms in total. The molecule has 1 aromatic rings. The topological polar surface area (TPSA) is 15.8 Å². The van der Waals surface area contributed by atoms with Crippen molar-refractivity contribution in [1.82, 2.24) is 4.98 Å². The van der Waals surface area contributed by atoms with Gasteiger partial charge in [0.2, 0.25) is 0 Å². The van der Waals surface area contributed by atoms with Crippen LogP contribution < -0.4 is 0 Å². The van der Waals surface area contributed by atoms with Crippen molar-refractivity contribution in [2.75, 3.05) is 0 Å². The Balaban J connectivity index is 0.000000189. The van der Waals surface area contributed by atoms with E-state index in [-0.39, 0.29) is 19.5 Å². The molecule has 0 saturated carbocycles. The normalized spacial score (nSPS) is 11.8. The zero-order valence-corrected chi connectivity index (χ0v) is 8.84. The van der Waals surface area contributed by atoms with E-state index in [1.807, 2.05) is 25.3 Å². The molecule has 1 heterocycles. The van der Waals surface area contributed by atoms with Crippen molar-refractivity contribution in [3.8, 4) is 0 Å². The first-order chi connectivity index (χ1) is 5.39. The molecule has 0 unspecified atom stereocenters. The summed E-state index contributed by atoms with van der Waals surface area (Å²) in [5.74, 6) is 0. The van der Waals surface area contributed by atoms with E-state index in [0.29, 0.717) is 0 Å². The fraction of sp³-hybridized carbons (Fsp3) is 0.200. The Bertz CT molecular complexity index is 224. The first kappa shape index (κ1) is 11.4. The summed E-state index contributed by atoms with van der Waals surface area (Å²) in [5, 5.41) is 0. The van der Waals surface area contributed by atoms with Gasteiger partial charge in [0.25, 0.3) is 0 Å². The Morgan fingerprint density at radius 2 is 1.92 bits per heavy atom. The monoisotopic (exact) mass is 249 g/mol. The summed E-state index contributed by atoms with van der Waals surface area (Å²) in [6.45, 7) is 2.03. The Kier molecular flexibility index (Phi) is 6.69. The Morgan fingerprint density at radius 3 is 2.08 bits per heavy atom. The maximum atomic E-state index is 3.00. The average molecular weight is 248 g/mol. The van der Waals surface area contributed by atoms with E-state index in [0.717, 1.165) is 6.42 Å². The molecule has 0 aromatic carbocycles. The van der Waals surface area contributed by atoms with Crippen LogP contribution in [0.2, 0.25) is 0 Å². The molecule has 0 radical (unpaired) electrons. The number of allylic oxidation sites excluding steroid dienone is 4. The third-order valence-electron chi connectivity index (χ3n) is 1.41. The Morgan fingerprint density at radius 1 is 1.25 bits per heavy atom. The van der Waals surface area contributed by atoms with Crippen LogP contribution >= 0.6 is 0 Å². The van der Waals surface area contributed by atoms with Crippen LogP contribution in [0.25, 0.3) is 0 Å². The van der Waals surface area contributed by atoms with Gasteiger partial charge < -0.3 is 4.98 Å². The molecule has 66 valence electrons. The molecule has 0 amide bonds. The minimum Gasteiger partial charge on any atom is -0.365 e. The van der Waals surface area contributed by atoms with Crippen molar-refractivity contribution in [2.45, 2.75) is 13.3 Å². The van der Waals surface area contributed by atoms with Crippen molar-refractivity contribution in [2.24, 2.45) is 0 Å². The van der Waals surface area contributed by atoms with Crippen molar-refractivity contribution >= 4 is 0 Å². The summed E-state index contributed by atoms with van der Waals surface area (Å²) in [5.41, 5.74) is 1.22. The van der Waals surface area contributed by atoms with Gasteiger partial charge in [0.15, 0.2) is 0 Å². The summed E-state index contributed by atoms with van der Waals surface area (Å²) in [6.07, 6.45) is 11.4. The van der Waals surface area contributed by atoms with Crippen LogP contribution in [0.3, 0.4) is 0 Å². The van der Waals surface area contributed by atoms with Gasteiger partial charge in [-0.05, 0) is 25.5 Å². The standard InChI is InChI=1S/C5H7N.C5H6.Ru/c1-5-3-2-4-6-5;1-2-4-5-3-1;/h2-4,6H,1H3;1-4H,5H2;. The predicted octanol–water partition coefficient (Wildman–Crippen LogP) is 2.82. The second-order valence-electron chi connectivity index (χ2n) is 2.45. The van der Waals surface area contributed by atoms with Crippen LogP contribution in [0, 0.1) is 6.92 Å². The van der Waals surface area contributed by atoms with E-state index < -0.39 is 0 Å². The van der Waals surface area contributed by atoms with E-state index in [1.54, 1.807) is 0 Å². The molecule has 0 atom stereocenters. The third kappa shape index (κ3) is 5.09. The molecule has 0 aliphatic heterocycles. The number of aryl methyl sites for hydroxylation is 1. The van der Waals surface area contributed by atoms with E-state index in [9.17, 15) is 0 Å². The molecule has 1 aliphatic carbocycles. The van der Waals surface area contributed by atoms with Crippen LogP contribution in [0.15, 0.2) is 42.6 Å². The second kappa shape index (κ2) is 7.06. The largest absolute Gasteiger partial charge is 0.365 e. The zero-order valence-electron chi connectivity index (χ0n) is 7.10. The molecule has 1 aromatic heterocycles. The van der Waals surface area contributed by atoms with Gasteiger partial charge in [-0.1, -0.05) is 24.3 Å². The number of H-pyrrole nitrogens is 1. The molecular weight excluding hydrogens is 235 g/mol. The van der Waals surface area contributed by atoms with Crippen molar-refractivity contribution in [3.63, 3.8) is 0 Å². The molecule has 1 aliphatic rings. The number of hydrogen-bond acceptors (Lipinski definition) is 0. The van der Waals surface area contributed by atoms with Crippen molar-refractivity contribution < 1.29 is 19.5 Å². The SMILES string of the molecule is C1=CCC=C1.Cc1ccc[nH]1.[Ru]. The number of rotatable bonds is 0. The van der Waals surface area contributed by atoms with Gasteiger partial charge in [-0.15, -0.1) is 0 Å². The maximum Gasteiger partial charge on any atom is 0.0115 e. The minimum atomic E-state index is 0. The number of aromatic amines is 1. The fourth-order valence-corrected chi connectivity index (χ4v) is 0.813. The number of aromatic nitrogens is 1. The summed E-state index contributed by atoms with van der Waals surface area (Å²) < 4.78 is 0. The maximum absolute atomic E-state index is 3.00. The van der Waals surface area contributed by atoms with Crippen LogP contribution in [-0.2, 0) is 19.5 Å². The van der Waals surface area contributed by atoms with Gasteiger partial charge in [0.1, 0.15) is 0 Å². The van der Waals surface area contributed by atoms with E-state index in [4.69, 9.17) is 0 Å². The zero-order chi connectivity index (χ0) is 7.94. The molecule has 2 rings (SSSR count). The number of nitrogens with one attached hydrogen (secondary N) is 1. The minimum absolute atomic E-state index is 0. The van der Waals surface area contributed by atoms with Gasteiger partial charge in [0, 0.05) is 31.4 Å². The van der Waals surface area contributed by atoms with Gasteiger partial charge in [-0.3, -0.25) is 0 Å². The van der Waals surface area contributed by atoms with Gasteiger partial charge in [0.05, 0.1) is 0 Å². The van der Waals surface area contributed by atoms with Crippen molar-refractivity contribution in [3.05, 3.63) is 48.3 Å². The van der Waals surface area contributed by atoms with Gasteiger partial charge in [-0.2, -0.15) is 0 Å².